The van der Waals surface area contributed by atoms with Gasteiger partial charge in [0.1, 0.15) is 11.6 Å². The maximum atomic E-state index is 13.2. The molecule has 2 rings (SSSR count). The summed E-state index contributed by atoms with van der Waals surface area (Å²) >= 11 is 0. The fourth-order valence-corrected chi connectivity index (χ4v) is 2.34. The summed E-state index contributed by atoms with van der Waals surface area (Å²) in [5, 5.41) is 9.17. The highest BCUT2D eigenvalue weighted by Gasteiger charge is 2.15. The van der Waals surface area contributed by atoms with Gasteiger partial charge in [0.2, 0.25) is 0 Å². The number of rotatable bonds is 6. The Labute approximate surface area is 145 Å². The fourth-order valence-electron chi connectivity index (χ4n) is 2.34. The highest BCUT2D eigenvalue weighted by Crippen LogP contribution is 2.13. The zero-order valence-electron chi connectivity index (χ0n) is 14.5. The Bertz CT molecular complexity index is 759. The number of nitrogens with one attached hydrogen (secondary N) is 2. The van der Waals surface area contributed by atoms with Gasteiger partial charge >= 0.3 is 11.8 Å². The predicted molar refractivity (Wildman–Crippen MR) is 93.9 cm³/mol. The normalized spacial score (nSPS) is 10.4. The molecule has 1 heterocycles. The van der Waals surface area contributed by atoms with Gasteiger partial charge in [-0.15, -0.1) is 0 Å². The van der Waals surface area contributed by atoms with Crippen molar-refractivity contribution in [2.24, 2.45) is 7.05 Å². The summed E-state index contributed by atoms with van der Waals surface area (Å²) in [5.41, 5.74) is 1.51. The number of halogens is 1. The van der Waals surface area contributed by atoms with Gasteiger partial charge in [0.25, 0.3) is 0 Å². The van der Waals surface area contributed by atoms with Gasteiger partial charge in [-0.3, -0.25) is 14.3 Å². The standard InChI is InChI=1S/C17H22FN5O2/c1-12-10-15(23(3)21-12)20-17(25)16(24)19-8-5-9-22(2)14-7-4-6-13(18)11-14/h4,6-7,10-11H,5,8-9H2,1-3H3,(H,19,24)(H,20,25). The second-order valence-electron chi connectivity index (χ2n) is 5.76. The Morgan fingerprint density at radius 3 is 2.68 bits per heavy atom. The van der Waals surface area contributed by atoms with Crippen LogP contribution in [0.2, 0.25) is 0 Å². The fraction of sp³-hybridized carbons (Fsp3) is 0.353. The van der Waals surface area contributed by atoms with Crippen LogP contribution in [0.15, 0.2) is 30.3 Å². The molecule has 0 aliphatic heterocycles. The van der Waals surface area contributed by atoms with E-state index in [0.29, 0.717) is 25.3 Å². The summed E-state index contributed by atoms with van der Waals surface area (Å²) in [4.78, 5) is 25.5. The van der Waals surface area contributed by atoms with E-state index >= 15 is 0 Å². The molecule has 2 aromatic rings. The van der Waals surface area contributed by atoms with Crippen molar-refractivity contribution >= 4 is 23.3 Å². The Kier molecular flexibility index (Phi) is 6.10. The third-order valence-electron chi connectivity index (χ3n) is 3.65. The second kappa shape index (κ2) is 8.27. The Morgan fingerprint density at radius 1 is 1.28 bits per heavy atom. The van der Waals surface area contributed by atoms with Crippen molar-refractivity contribution in [2.75, 3.05) is 30.4 Å². The van der Waals surface area contributed by atoms with Gasteiger partial charge in [-0.25, -0.2) is 4.39 Å². The highest BCUT2D eigenvalue weighted by molar-refractivity contribution is 6.39. The van der Waals surface area contributed by atoms with Gasteiger partial charge in [-0.2, -0.15) is 5.10 Å². The van der Waals surface area contributed by atoms with Crippen LogP contribution in [0.25, 0.3) is 0 Å². The van der Waals surface area contributed by atoms with Gasteiger partial charge in [0, 0.05) is 38.9 Å². The third-order valence-corrected chi connectivity index (χ3v) is 3.65. The van der Waals surface area contributed by atoms with Gasteiger partial charge in [0.05, 0.1) is 5.69 Å². The number of anilines is 2. The zero-order chi connectivity index (χ0) is 18.4. The molecule has 1 aromatic carbocycles. The van der Waals surface area contributed by atoms with Gasteiger partial charge in [-0.1, -0.05) is 6.07 Å². The lowest BCUT2D eigenvalue weighted by atomic mass is 10.2. The molecule has 0 saturated carbocycles. The average molecular weight is 347 g/mol. The number of benzene rings is 1. The number of carbonyl (C=O) groups is 2. The summed E-state index contributed by atoms with van der Waals surface area (Å²) in [6.07, 6.45) is 0.622. The van der Waals surface area contributed by atoms with E-state index in [0.717, 1.165) is 11.4 Å². The number of carbonyl (C=O) groups excluding carboxylic acids is 2. The smallest absolute Gasteiger partial charge is 0.314 e. The Hall–Kier alpha value is -2.90. The number of hydrogen-bond acceptors (Lipinski definition) is 4. The third kappa shape index (κ3) is 5.30. The largest absolute Gasteiger partial charge is 0.374 e. The van der Waals surface area contributed by atoms with Crippen LogP contribution in [-0.2, 0) is 16.6 Å². The molecule has 0 fully saturated rings. The van der Waals surface area contributed by atoms with Crippen molar-refractivity contribution in [3.63, 3.8) is 0 Å². The second-order valence-corrected chi connectivity index (χ2v) is 5.76. The molecule has 0 radical (unpaired) electrons. The van der Waals surface area contributed by atoms with E-state index in [1.807, 2.05) is 18.0 Å². The van der Waals surface area contributed by atoms with Gasteiger partial charge in [0.15, 0.2) is 0 Å². The SMILES string of the molecule is Cc1cc(NC(=O)C(=O)NCCCN(C)c2cccc(F)c2)n(C)n1. The molecule has 2 amide bonds. The molecule has 8 heteroatoms. The minimum atomic E-state index is -0.735. The van der Waals surface area contributed by atoms with Gasteiger partial charge < -0.3 is 15.5 Å². The lowest BCUT2D eigenvalue weighted by Gasteiger charge is -2.19. The maximum Gasteiger partial charge on any atom is 0.314 e. The van der Waals surface area contributed by atoms with E-state index < -0.39 is 11.8 Å². The molecule has 1 aromatic heterocycles. The molecule has 134 valence electrons. The molecule has 0 bridgehead atoms. The quantitative estimate of drug-likeness (QED) is 0.612. The first-order valence-electron chi connectivity index (χ1n) is 7.93. The molecule has 0 saturated heterocycles. The lowest BCUT2D eigenvalue weighted by molar-refractivity contribution is -0.136. The van der Waals surface area contributed by atoms with E-state index in [4.69, 9.17) is 0 Å². The average Bonchev–Trinajstić information content (AvgIpc) is 2.88. The summed E-state index contributed by atoms with van der Waals surface area (Å²) in [5.74, 6) is -1.27. The van der Waals surface area contributed by atoms with Crippen LogP contribution in [-0.4, -0.2) is 41.7 Å². The molecule has 2 N–H and O–H groups in total. The van der Waals surface area contributed by atoms with Crippen LogP contribution < -0.4 is 15.5 Å². The summed E-state index contributed by atoms with van der Waals surface area (Å²) < 4.78 is 14.7. The molecule has 25 heavy (non-hydrogen) atoms. The van der Waals surface area contributed by atoms with Crippen molar-refractivity contribution in [3.05, 3.63) is 41.8 Å². The molecule has 0 unspecified atom stereocenters. The van der Waals surface area contributed by atoms with Gasteiger partial charge in [-0.05, 0) is 31.5 Å². The first-order chi connectivity index (χ1) is 11.9. The number of nitrogens with zero attached hydrogens (tertiary/aromatic N) is 3. The molecule has 0 aliphatic carbocycles. The van der Waals surface area contributed by atoms with Crippen LogP contribution in [0, 0.1) is 12.7 Å². The Balaban J connectivity index is 1.73. The van der Waals surface area contributed by atoms with E-state index in [2.05, 4.69) is 15.7 Å². The van der Waals surface area contributed by atoms with E-state index in [-0.39, 0.29) is 5.82 Å². The van der Waals surface area contributed by atoms with Crippen LogP contribution in [0.5, 0.6) is 0 Å². The molecule has 0 spiro atoms. The Morgan fingerprint density at radius 2 is 2.04 bits per heavy atom. The molecule has 0 aliphatic rings. The summed E-state index contributed by atoms with van der Waals surface area (Å²) in [6, 6.07) is 7.97. The van der Waals surface area contributed by atoms with E-state index in [1.165, 1.54) is 16.8 Å². The molecule has 0 atom stereocenters. The van der Waals surface area contributed by atoms with Crippen molar-refractivity contribution < 1.29 is 14.0 Å². The van der Waals surface area contributed by atoms with Crippen molar-refractivity contribution in [1.29, 1.82) is 0 Å². The summed E-state index contributed by atoms with van der Waals surface area (Å²) in [7, 11) is 3.52. The van der Waals surface area contributed by atoms with Crippen molar-refractivity contribution in [2.45, 2.75) is 13.3 Å². The number of aromatic nitrogens is 2. The number of aryl methyl sites for hydroxylation is 2. The summed E-state index contributed by atoms with van der Waals surface area (Å²) in [6.45, 7) is 2.76. The first-order valence-corrected chi connectivity index (χ1v) is 7.93. The number of amides is 2. The van der Waals surface area contributed by atoms with E-state index in [9.17, 15) is 14.0 Å². The van der Waals surface area contributed by atoms with Crippen LogP contribution in [0.1, 0.15) is 12.1 Å². The minimum Gasteiger partial charge on any atom is -0.374 e. The number of hydrogen-bond donors (Lipinski definition) is 2. The predicted octanol–water partition coefficient (Wildman–Crippen LogP) is 1.45. The monoisotopic (exact) mass is 347 g/mol. The zero-order valence-corrected chi connectivity index (χ0v) is 14.5. The topological polar surface area (TPSA) is 79.3 Å². The molecular weight excluding hydrogens is 325 g/mol. The van der Waals surface area contributed by atoms with Crippen LogP contribution in [0.3, 0.4) is 0 Å². The minimum absolute atomic E-state index is 0.292. The van der Waals surface area contributed by atoms with Crippen molar-refractivity contribution in [1.82, 2.24) is 15.1 Å². The maximum absolute atomic E-state index is 13.2. The lowest BCUT2D eigenvalue weighted by Crippen LogP contribution is -2.37. The van der Waals surface area contributed by atoms with E-state index in [1.54, 1.807) is 26.1 Å². The first kappa shape index (κ1) is 18.4. The van der Waals surface area contributed by atoms with Crippen LogP contribution >= 0.6 is 0 Å². The van der Waals surface area contributed by atoms with Crippen molar-refractivity contribution in [3.8, 4) is 0 Å². The molecular formula is C17H22FN5O2. The molecule has 7 nitrogen and oxygen atoms in total. The highest BCUT2D eigenvalue weighted by atomic mass is 19.1. The van der Waals surface area contributed by atoms with Crippen LogP contribution in [0.4, 0.5) is 15.9 Å².